The van der Waals surface area contributed by atoms with Crippen LogP contribution in [0.15, 0.2) is 29.8 Å². The van der Waals surface area contributed by atoms with Crippen molar-refractivity contribution in [1.82, 2.24) is 0 Å². The molecule has 2 N–H and O–H groups in total. The van der Waals surface area contributed by atoms with Gasteiger partial charge in [0, 0.05) is 11.1 Å². The van der Waals surface area contributed by atoms with Crippen LogP contribution in [-0.4, -0.2) is 13.1 Å². The topological polar surface area (TPSA) is 52.3 Å². The summed E-state index contributed by atoms with van der Waals surface area (Å²) in [5, 5.41) is 0. The lowest BCUT2D eigenvalue weighted by atomic mass is 9.94. The maximum atomic E-state index is 11.3. The molecule has 0 fully saturated rings. The molecule has 0 saturated heterocycles. The van der Waals surface area contributed by atoms with E-state index in [1.54, 1.807) is 13.0 Å². The van der Waals surface area contributed by atoms with Crippen molar-refractivity contribution < 1.29 is 9.53 Å². The zero-order valence-corrected chi connectivity index (χ0v) is 10.8. The molecule has 0 bridgehead atoms. The first-order chi connectivity index (χ1) is 7.84. The minimum atomic E-state index is -0.386. The number of carbonyl (C=O) groups excluding carboxylic acids is 1. The van der Waals surface area contributed by atoms with E-state index in [0.29, 0.717) is 5.57 Å². The van der Waals surface area contributed by atoms with Crippen LogP contribution in [-0.2, 0) is 15.1 Å². The van der Waals surface area contributed by atoms with E-state index in [1.807, 2.05) is 38.1 Å². The molecule has 0 heterocycles. The number of ether oxygens (including phenoxy) is 1. The first-order valence-electron chi connectivity index (χ1n) is 5.50. The highest BCUT2D eigenvalue weighted by molar-refractivity contribution is 5.92. The van der Waals surface area contributed by atoms with E-state index in [9.17, 15) is 4.79 Å². The van der Waals surface area contributed by atoms with Gasteiger partial charge in [-0.1, -0.05) is 18.2 Å². The fourth-order valence-corrected chi connectivity index (χ4v) is 1.50. The van der Waals surface area contributed by atoms with Crippen LogP contribution >= 0.6 is 0 Å². The normalized spacial score (nSPS) is 12.4. The summed E-state index contributed by atoms with van der Waals surface area (Å²) < 4.78 is 4.65. The molecule has 0 spiro atoms. The summed E-state index contributed by atoms with van der Waals surface area (Å²) in [5.41, 5.74) is 8.19. The Bertz CT molecular complexity index is 442. The molecule has 0 saturated carbocycles. The molecule has 0 amide bonds. The lowest BCUT2D eigenvalue weighted by Gasteiger charge is -2.19. The summed E-state index contributed by atoms with van der Waals surface area (Å²) >= 11 is 0. The number of methoxy groups -OCH3 is 1. The van der Waals surface area contributed by atoms with Gasteiger partial charge in [0.1, 0.15) is 0 Å². The third-order valence-corrected chi connectivity index (χ3v) is 2.52. The van der Waals surface area contributed by atoms with Crippen LogP contribution in [0, 0.1) is 0 Å². The smallest absolute Gasteiger partial charge is 0.333 e. The van der Waals surface area contributed by atoms with Gasteiger partial charge in [0.2, 0.25) is 0 Å². The van der Waals surface area contributed by atoms with Crippen LogP contribution in [0.5, 0.6) is 0 Å². The van der Waals surface area contributed by atoms with E-state index >= 15 is 0 Å². The molecule has 17 heavy (non-hydrogen) atoms. The Hall–Kier alpha value is -1.61. The van der Waals surface area contributed by atoms with E-state index in [2.05, 4.69) is 4.74 Å². The molecule has 3 heteroatoms. The average molecular weight is 233 g/mol. The third kappa shape index (κ3) is 3.71. The summed E-state index contributed by atoms with van der Waals surface area (Å²) in [4.78, 5) is 11.3. The third-order valence-electron chi connectivity index (χ3n) is 2.52. The van der Waals surface area contributed by atoms with Crippen molar-refractivity contribution in [3.63, 3.8) is 0 Å². The molecule has 0 atom stereocenters. The Morgan fingerprint density at radius 2 is 2.06 bits per heavy atom. The van der Waals surface area contributed by atoms with E-state index in [0.717, 1.165) is 11.1 Å². The Kier molecular flexibility index (Phi) is 4.07. The largest absolute Gasteiger partial charge is 0.466 e. The summed E-state index contributed by atoms with van der Waals surface area (Å²) in [7, 11) is 1.37. The SMILES string of the molecule is COC(=O)/C(C)=C/c1cccc(C(C)(C)N)c1. The number of benzene rings is 1. The molecule has 1 aromatic rings. The summed E-state index contributed by atoms with van der Waals surface area (Å²) in [5.74, 6) is -0.317. The van der Waals surface area contributed by atoms with E-state index in [1.165, 1.54) is 7.11 Å². The number of esters is 1. The highest BCUT2D eigenvalue weighted by Gasteiger charge is 2.13. The summed E-state index contributed by atoms with van der Waals surface area (Å²) in [6.07, 6.45) is 1.79. The molecule has 0 aliphatic heterocycles. The first kappa shape index (κ1) is 13.5. The van der Waals surface area contributed by atoms with E-state index < -0.39 is 0 Å². The lowest BCUT2D eigenvalue weighted by molar-refractivity contribution is -0.135. The number of hydrogen-bond acceptors (Lipinski definition) is 3. The molecule has 0 unspecified atom stereocenters. The summed E-state index contributed by atoms with van der Waals surface area (Å²) in [6, 6.07) is 7.82. The average Bonchev–Trinajstić information content (AvgIpc) is 2.27. The fourth-order valence-electron chi connectivity index (χ4n) is 1.50. The second-order valence-electron chi connectivity index (χ2n) is 4.67. The zero-order chi connectivity index (χ0) is 13.1. The maximum absolute atomic E-state index is 11.3. The Morgan fingerprint density at radius 3 is 2.59 bits per heavy atom. The molecule has 0 aliphatic rings. The van der Waals surface area contributed by atoms with Crippen molar-refractivity contribution in [2.24, 2.45) is 5.73 Å². The molecule has 0 radical (unpaired) electrons. The van der Waals surface area contributed by atoms with Crippen molar-refractivity contribution in [3.8, 4) is 0 Å². The van der Waals surface area contributed by atoms with E-state index in [-0.39, 0.29) is 11.5 Å². The zero-order valence-electron chi connectivity index (χ0n) is 10.8. The molecular weight excluding hydrogens is 214 g/mol. The first-order valence-corrected chi connectivity index (χ1v) is 5.50. The molecule has 3 nitrogen and oxygen atoms in total. The van der Waals surface area contributed by atoms with Gasteiger partial charge in [-0.05, 0) is 44.0 Å². The minimum Gasteiger partial charge on any atom is -0.466 e. The Labute approximate surface area is 102 Å². The van der Waals surface area contributed by atoms with Gasteiger partial charge < -0.3 is 10.5 Å². The van der Waals surface area contributed by atoms with Gasteiger partial charge >= 0.3 is 5.97 Å². The van der Waals surface area contributed by atoms with Gasteiger partial charge in [-0.15, -0.1) is 0 Å². The number of hydrogen-bond donors (Lipinski definition) is 1. The molecule has 0 aromatic heterocycles. The standard InChI is InChI=1S/C14H19NO2/c1-10(13(16)17-4)8-11-6-5-7-12(9-11)14(2,3)15/h5-9H,15H2,1-4H3/b10-8+. The predicted molar refractivity (Wildman–Crippen MR) is 69.3 cm³/mol. The van der Waals surface area contributed by atoms with Gasteiger partial charge in [0.05, 0.1) is 7.11 Å². The van der Waals surface area contributed by atoms with Crippen LogP contribution in [0.4, 0.5) is 0 Å². The quantitative estimate of drug-likeness (QED) is 0.644. The summed E-state index contributed by atoms with van der Waals surface area (Å²) in [6.45, 7) is 5.62. The van der Waals surface area contributed by atoms with Crippen LogP contribution in [0.1, 0.15) is 31.9 Å². The van der Waals surface area contributed by atoms with Crippen LogP contribution < -0.4 is 5.73 Å². The second-order valence-corrected chi connectivity index (χ2v) is 4.67. The van der Waals surface area contributed by atoms with Gasteiger partial charge in [-0.25, -0.2) is 4.79 Å². The van der Waals surface area contributed by atoms with Crippen LogP contribution in [0.3, 0.4) is 0 Å². The number of nitrogens with two attached hydrogens (primary N) is 1. The Morgan fingerprint density at radius 1 is 1.41 bits per heavy atom. The monoisotopic (exact) mass is 233 g/mol. The number of carbonyl (C=O) groups is 1. The highest BCUT2D eigenvalue weighted by atomic mass is 16.5. The van der Waals surface area contributed by atoms with Gasteiger partial charge in [-0.2, -0.15) is 0 Å². The molecule has 92 valence electrons. The van der Waals surface area contributed by atoms with E-state index in [4.69, 9.17) is 5.73 Å². The van der Waals surface area contributed by atoms with Crippen molar-refractivity contribution in [3.05, 3.63) is 41.0 Å². The minimum absolute atomic E-state index is 0.317. The molecule has 1 rings (SSSR count). The van der Waals surface area contributed by atoms with Crippen LogP contribution in [0.2, 0.25) is 0 Å². The predicted octanol–water partition coefficient (Wildman–Crippen LogP) is 2.46. The van der Waals surface area contributed by atoms with Gasteiger partial charge in [0.25, 0.3) is 0 Å². The van der Waals surface area contributed by atoms with Crippen molar-refractivity contribution in [2.45, 2.75) is 26.3 Å². The Balaban J connectivity index is 3.05. The molecular formula is C14H19NO2. The van der Waals surface area contributed by atoms with Gasteiger partial charge in [0.15, 0.2) is 0 Å². The molecule has 0 aliphatic carbocycles. The van der Waals surface area contributed by atoms with Crippen molar-refractivity contribution >= 4 is 12.0 Å². The fraction of sp³-hybridized carbons (Fsp3) is 0.357. The highest BCUT2D eigenvalue weighted by Crippen LogP contribution is 2.19. The van der Waals surface area contributed by atoms with Crippen LogP contribution in [0.25, 0.3) is 6.08 Å². The van der Waals surface area contributed by atoms with Crippen molar-refractivity contribution in [1.29, 1.82) is 0 Å². The second kappa shape index (κ2) is 5.15. The van der Waals surface area contributed by atoms with Gasteiger partial charge in [-0.3, -0.25) is 0 Å². The maximum Gasteiger partial charge on any atom is 0.333 e. The number of rotatable bonds is 3. The molecule has 1 aromatic carbocycles. The lowest BCUT2D eigenvalue weighted by Crippen LogP contribution is -2.28. The van der Waals surface area contributed by atoms with Crippen molar-refractivity contribution in [2.75, 3.05) is 7.11 Å².